The van der Waals surface area contributed by atoms with E-state index in [-0.39, 0.29) is 0 Å². The summed E-state index contributed by atoms with van der Waals surface area (Å²) in [6.07, 6.45) is 4.29. The first-order valence-corrected chi connectivity index (χ1v) is 7.37. The van der Waals surface area contributed by atoms with Gasteiger partial charge in [0.05, 0.1) is 11.9 Å². The minimum Gasteiger partial charge on any atom is -0.381 e. The first kappa shape index (κ1) is 13.8. The summed E-state index contributed by atoms with van der Waals surface area (Å²) in [6.45, 7) is 9.22. The molecule has 0 aliphatic carbocycles. The van der Waals surface area contributed by atoms with Crippen molar-refractivity contribution in [2.45, 2.75) is 45.2 Å². The van der Waals surface area contributed by atoms with Gasteiger partial charge in [-0.2, -0.15) is 0 Å². The Morgan fingerprint density at radius 3 is 2.44 bits per heavy atom. The lowest BCUT2D eigenvalue weighted by Crippen LogP contribution is -2.48. The molecular formula is C14H22BrN3. The van der Waals surface area contributed by atoms with Crippen LogP contribution in [0.4, 0.5) is 5.69 Å². The number of piperidine rings is 1. The summed E-state index contributed by atoms with van der Waals surface area (Å²) in [5.74, 6) is 0. The number of anilines is 1. The topological polar surface area (TPSA) is 28.2 Å². The third-order valence-corrected chi connectivity index (χ3v) is 4.01. The molecule has 0 amide bonds. The second kappa shape index (κ2) is 5.57. The van der Waals surface area contributed by atoms with E-state index in [0.29, 0.717) is 11.6 Å². The molecule has 100 valence electrons. The standard InChI is InChI=1S/C14H22BrN3/c1-14(2,3)18-8-6-11(7-9-18)17-12-4-5-13(15)16-10-12/h4-5,10-11,17H,6-9H2,1-3H3. The van der Waals surface area contributed by atoms with E-state index in [1.54, 1.807) is 0 Å². The Morgan fingerprint density at radius 2 is 1.94 bits per heavy atom. The average molecular weight is 312 g/mol. The van der Waals surface area contributed by atoms with Crippen molar-refractivity contribution in [2.75, 3.05) is 18.4 Å². The molecule has 1 aromatic heterocycles. The molecule has 1 N–H and O–H groups in total. The van der Waals surface area contributed by atoms with Crippen LogP contribution >= 0.6 is 15.9 Å². The molecule has 18 heavy (non-hydrogen) atoms. The Morgan fingerprint density at radius 1 is 1.28 bits per heavy atom. The molecule has 0 saturated carbocycles. The van der Waals surface area contributed by atoms with E-state index in [0.717, 1.165) is 10.3 Å². The van der Waals surface area contributed by atoms with Gasteiger partial charge >= 0.3 is 0 Å². The molecule has 3 nitrogen and oxygen atoms in total. The molecule has 1 fully saturated rings. The van der Waals surface area contributed by atoms with Crippen LogP contribution in [0.5, 0.6) is 0 Å². The number of nitrogens with one attached hydrogen (secondary N) is 1. The van der Waals surface area contributed by atoms with Crippen molar-refractivity contribution < 1.29 is 0 Å². The number of nitrogens with zero attached hydrogens (tertiary/aromatic N) is 2. The lowest BCUT2D eigenvalue weighted by molar-refractivity contribution is 0.106. The van der Waals surface area contributed by atoms with Crippen molar-refractivity contribution in [3.8, 4) is 0 Å². The summed E-state index contributed by atoms with van der Waals surface area (Å²) in [6, 6.07) is 4.63. The van der Waals surface area contributed by atoms with Crippen LogP contribution < -0.4 is 5.32 Å². The van der Waals surface area contributed by atoms with Gasteiger partial charge in [-0.15, -0.1) is 0 Å². The van der Waals surface area contributed by atoms with Crippen LogP contribution in [-0.2, 0) is 0 Å². The predicted octanol–water partition coefficient (Wildman–Crippen LogP) is 3.52. The number of pyridine rings is 1. The molecule has 1 aliphatic heterocycles. The highest BCUT2D eigenvalue weighted by Gasteiger charge is 2.26. The number of halogens is 1. The molecule has 1 aromatic rings. The van der Waals surface area contributed by atoms with E-state index in [4.69, 9.17) is 0 Å². The number of aromatic nitrogens is 1. The van der Waals surface area contributed by atoms with E-state index in [9.17, 15) is 0 Å². The van der Waals surface area contributed by atoms with Gasteiger partial charge in [0.25, 0.3) is 0 Å². The van der Waals surface area contributed by atoms with Crippen LogP contribution in [0, 0.1) is 0 Å². The SMILES string of the molecule is CC(C)(C)N1CCC(Nc2ccc(Br)nc2)CC1. The third kappa shape index (κ3) is 3.69. The van der Waals surface area contributed by atoms with Crippen LogP contribution in [0.3, 0.4) is 0 Å². The van der Waals surface area contributed by atoms with Crippen LogP contribution in [0.2, 0.25) is 0 Å². The van der Waals surface area contributed by atoms with Crippen LogP contribution in [0.15, 0.2) is 22.9 Å². The minimum atomic E-state index is 0.296. The highest BCUT2D eigenvalue weighted by Crippen LogP contribution is 2.22. The summed E-state index contributed by atoms with van der Waals surface area (Å²) >= 11 is 3.35. The Hall–Kier alpha value is -0.610. The maximum absolute atomic E-state index is 4.24. The van der Waals surface area contributed by atoms with E-state index >= 15 is 0 Å². The van der Waals surface area contributed by atoms with Crippen molar-refractivity contribution in [3.05, 3.63) is 22.9 Å². The zero-order valence-electron chi connectivity index (χ0n) is 11.4. The van der Waals surface area contributed by atoms with Gasteiger partial charge in [-0.1, -0.05) is 0 Å². The Balaban J connectivity index is 1.85. The number of hydrogen-bond donors (Lipinski definition) is 1. The van der Waals surface area contributed by atoms with Gasteiger partial charge in [0.15, 0.2) is 0 Å². The van der Waals surface area contributed by atoms with Gasteiger partial charge in [0.2, 0.25) is 0 Å². The van der Waals surface area contributed by atoms with Gasteiger partial charge in [0.1, 0.15) is 4.60 Å². The van der Waals surface area contributed by atoms with Gasteiger partial charge in [0, 0.05) is 24.7 Å². The van der Waals surface area contributed by atoms with Crippen molar-refractivity contribution in [1.29, 1.82) is 0 Å². The highest BCUT2D eigenvalue weighted by molar-refractivity contribution is 9.10. The summed E-state index contributed by atoms with van der Waals surface area (Å²) < 4.78 is 0.885. The predicted molar refractivity (Wildman–Crippen MR) is 79.9 cm³/mol. The number of rotatable bonds is 2. The zero-order chi connectivity index (χ0) is 13.2. The van der Waals surface area contributed by atoms with E-state index in [1.165, 1.54) is 25.9 Å². The minimum absolute atomic E-state index is 0.296. The van der Waals surface area contributed by atoms with Crippen molar-refractivity contribution in [1.82, 2.24) is 9.88 Å². The zero-order valence-corrected chi connectivity index (χ0v) is 13.0. The fourth-order valence-electron chi connectivity index (χ4n) is 2.39. The van der Waals surface area contributed by atoms with Crippen molar-refractivity contribution >= 4 is 21.6 Å². The molecule has 1 aliphatic rings. The Labute approximate surface area is 118 Å². The first-order valence-electron chi connectivity index (χ1n) is 6.58. The molecule has 4 heteroatoms. The normalized spacial score (nSPS) is 18.9. The maximum Gasteiger partial charge on any atom is 0.106 e. The van der Waals surface area contributed by atoms with Gasteiger partial charge in [-0.25, -0.2) is 4.98 Å². The van der Waals surface area contributed by atoms with Crippen LogP contribution in [0.25, 0.3) is 0 Å². The summed E-state index contributed by atoms with van der Waals surface area (Å²) in [7, 11) is 0. The molecule has 0 bridgehead atoms. The molecule has 2 rings (SSSR count). The third-order valence-electron chi connectivity index (χ3n) is 3.54. The number of likely N-dealkylation sites (tertiary alicyclic amines) is 1. The smallest absolute Gasteiger partial charge is 0.106 e. The molecule has 0 atom stereocenters. The van der Waals surface area contributed by atoms with Crippen LogP contribution in [-0.4, -0.2) is 34.6 Å². The quantitative estimate of drug-likeness (QED) is 0.847. The molecule has 0 unspecified atom stereocenters. The lowest BCUT2D eigenvalue weighted by Gasteiger charge is -2.41. The van der Waals surface area contributed by atoms with E-state index in [1.807, 2.05) is 12.3 Å². The monoisotopic (exact) mass is 311 g/mol. The van der Waals surface area contributed by atoms with Gasteiger partial charge in [-0.05, 0) is 61.7 Å². The summed E-state index contributed by atoms with van der Waals surface area (Å²) in [4.78, 5) is 6.80. The van der Waals surface area contributed by atoms with Crippen molar-refractivity contribution in [2.24, 2.45) is 0 Å². The molecule has 0 spiro atoms. The summed E-state index contributed by atoms with van der Waals surface area (Å²) in [5.41, 5.74) is 1.41. The molecule has 2 heterocycles. The highest BCUT2D eigenvalue weighted by atomic mass is 79.9. The molecule has 0 radical (unpaired) electrons. The fraction of sp³-hybridized carbons (Fsp3) is 0.643. The Kier molecular flexibility index (Phi) is 4.28. The van der Waals surface area contributed by atoms with E-state index in [2.05, 4.69) is 58.0 Å². The fourth-order valence-corrected chi connectivity index (χ4v) is 2.63. The summed E-state index contributed by atoms with van der Waals surface area (Å²) in [5, 5.41) is 3.57. The van der Waals surface area contributed by atoms with E-state index < -0.39 is 0 Å². The molecule has 1 saturated heterocycles. The number of hydrogen-bond acceptors (Lipinski definition) is 3. The first-order chi connectivity index (χ1) is 8.45. The average Bonchev–Trinajstić information content (AvgIpc) is 2.32. The molecular weight excluding hydrogens is 290 g/mol. The van der Waals surface area contributed by atoms with Crippen molar-refractivity contribution in [3.63, 3.8) is 0 Å². The Bertz CT molecular complexity index is 375. The van der Waals surface area contributed by atoms with Gasteiger partial charge in [-0.3, -0.25) is 4.90 Å². The van der Waals surface area contributed by atoms with Crippen LogP contribution in [0.1, 0.15) is 33.6 Å². The van der Waals surface area contributed by atoms with Gasteiger partial charge < -0.3 is 5.32 Å². The maximum atomic E-state index is 4.24. The largest absolute Gasteiger partial charge is 0.381 e. The second-order valence-electron chi connectivity index (χ2n) is 5.95. The molecule has 0 aromatic carbocycles. The second-order valence-corrected chi connectivity index (χ2v) is 6.76. The lowest BCUT2D eigenvalue weighted by atomic mass is 9.98.